The molecule has 0 radical (unpaired) electrons. The molecule has 0 amide bonds. The lowest BCUT2D eigenvalue weighted by Gasteiger charge is -2.23. The van der Waals surface area contributed by atoms with Gasteiger partial charge in [-0.25, -0.2) is 9.97 Å². The zero-order valence-corrected chi connectivity index (χ0v) is 10.9. The Labute approximate surface area is 113 Å². The first kappa shape index (κ1) is 12.2. The molecule has 0 aromatic carbocycles. The highest BCUT2D eigenvalue weighted by atomic mass is 15.0. The third kappa shape index (κ3) is 3.15. The van der Waals surface area contributed by atoms with Crippen molar-refractivity contribution in [3.63, 3.8) is 0 Å². The predicted octanol–water partition coefficient (Wildman–Crippen LogP) is 2.28. The lowest BCUT2D eigenvalue weighted by atomic mass is 10.0. The van der Waals surface area contributed by atoms with E-state index in [4.69, 9.17) is 4.98 Å². The van der Waals surface area contributed by atoms with E-state index in [9.17, 15) is 0 Å². The summed E-state index contributed by atoms with van der Waals surface area (Å²) < 4.78 is 0. The van der Waals surface area contributed by atoms with Crippen molar-refractivity contribution in [1.29, 1.82) is 0 Å². The number of hydrogen-bond acceptors (Lipinski definition) is 4. The third-order valence-electron chi connectivity index (χ3n) is 3.48. The van der Waals surface area contributed by atoms with Crippen molar-refractivity contribution in [3.8, 4) is 0 Å². The first-order valence-electron chi connectivity index (χ1n) is 6.86. The molecular formula is C15H18N4. The zero-order chi connectivity index (χ0) is 12.9. The molecule has 2 aromatic heterocycles. The monoisotopic (exact) mass is 254 g/mol. The number of pyridine rings is 1. The van der Waals surface area contributed by atoms with Gasteiger partial charge < -0.3 is 5.32 Å². The number of aromatic nitrogens is 3. The van der Waals surface area contributed by atoms with Crippen LogP contribution in [0.15, 0.2) is 36.8 Å². The fourth-order valence-corrected chi connectivity index (χ4v) is 2.48. The van der Waals surface area contributed by atoms with E-state index in [1.165, 1.54) is 19.3 Å². The van der Waals surface area contributed by atoms with E-state index in [-0.39, 0.29) is 0 Å². The van der Waals surface area contributed by atoms with Gasteiger partial charge in [0.1, 0.15) is 5.82 Å². The normalized spacial score (nSPS) is 19.3. The lowest BCUT2D eigenvalue weighted by molar-refractivity contribution is 0.404. The molecule has 0 bridgehead atoms. The van der Waals surface area contributed by atoms with Gasteiger partial charge in [0.15, 0.2) is 0 Å². The molecule has 19 heavy (non-hydrogen) atoms. The Morgan fingerprint density at radius 1 is 1.21 bits per heavy atom. The maximum absolute atomic E-state index is 4.69. The van der Waals surface area contributed by atoms with Crippen LogP contribution in [0.1, 0.15) is 42.4 Å². The van der Waals surface area contributed by atoms with Gasteiger partial charge in [0.05, 0.1) is 5.69 Å². The molecule has 0 spiro atoms. The summed E-state index contributed by atoms with van der Waals surface area (Å²) >= 11 is 0. The van der Waals surface area contributed by atoms with Crippen molar-refractivity contribution in [3.05, 3.63) is 53.9 Å². The first-order valence-corrected chi connectivity index (χ1v) is 6.86. The smallest absolute Gasteiger partial charge is 0.133 e. The predicted molar refractivity (Wildman–Crippen MR) is 73.7 cm³/mol. The molecule has 98 valence electrons. The van der Waals surface area contributed by atoms with Gasteiger partial charge in [0.25, 0.3) is 0 Å². The maximum Gasteiger partial charge on any atom is 0.133 e. The molecule has 1 unspecified atom stereocenters. The summed E-state index contributed by atoms with van der Waals surface area (Å²) in [5.74, 6) is 0.873. The van der Waals surface area contributed by atoms with Crippen LogP contribution < -0.4 is 5.32 Å². The van der Waals surface area contributed by atoms with Crippen LogP contribution in [0.3, 0.4) is 0 Å². The van der Waals surface area contributed by atoms with E-state index in [0.29, 0.717) is 6.04 Å². The number of nitrogens with one attached hydrogen (secondary N) is 1. The molecule has 1 aliphatic rings. The Morgan fingerprint density at radius 2 is 2.21 bits per heavy atom. The minimum absolute atomic E-state index is 0.393. The van der Waals surface area contributed by atoms with E-state index in [0.717, 1.165) is 30.0 Å². The van der Waals surface area contributed by atoms with Crippen LogP contribution in [-0.4, -0.2) is 21.5 Å². The summed E-state index contributed by atoms with van der Waals surface area (Å²) in [5.41, 5.74) is 2.27. The molecule has 4 nitrogen and oxygen atoms in total. The zero-order valence-electron chi connectivity index (χ0n) is 10.9. The Bertz CT molecular complexity index is 521. The van der Waals surface area contributed by atoms with Crippen LogP contribution in [0.4, 0.5) is 0 Å². The summed E-state index contributed by atoms with van der Waals surface area (Å²) in [6.07, 6.45) is 9.98. The van der Waals surface area contributed by atoms with Crippen LogP contribution in [0.2, 0.25) is 0 Å². The van der Waals surface area contributed by atoms with E-state index < -0.39 is 0 Å². The third-order valence-corrected chi connectivity index (χ3v) is 3.48. The van der Waals surface area contributed by atoms with Gasteiger partial charge >= 0.3 is 0 Å². The van der Waals surface area contributed by atoms with Crippen molar-refractivity contribution in [2.45, 2.75) is 31.7 Å². The highest BCUT2D eigenvalue weighted by Gasteiger charge is 2.16. The number of piperidine rings is 1. The molecule has 1 N–H and O–H groups in total. The molecule has 0 aliphatic carbocycles. The average Bonchev–Trinajstić information content (AvgIpc) is 2.49. The minimum Gasteiger partial charge on any atom is -0.309 e. The summed E-state index contributed by atoms with van der Waals surface area (Å²) in [6, 6.07) is 6.42. The Kier molecular flexibility index (Phi) is 3.79. The molecule has 3 rings (SSSR count). The highest BCUT2D eigenvalue weighted by molar-refractivity contribution is 5.16. The molecule has 1 fully saturated rings. The van der Waals surface area contributed by atoms with Crippen molar-refractivity contribution in [2.75, 3.05) is 6.54 Å². The van der Waals surface area contributed by atoms with E-state index in [1.54, 1.807) is 6.20 Å². The van der Waals surface area contributed by atoms with Crippen LogP contribution in [0.25, 0.3) is 0 Å². The molecule has 1 aliphatic heterocycles. The molecule has 0 saturated carbocycles. The van der Waals surface area contributed by atoms with Crippen LogP contribution in [0.5, 0.6) is 0 Å². The number of hydrogen-bond donors (Lipinski definition) is 1. The SMILES string of the molecule is c1cncc(Cc2nccc(C3CCCCN3)n2)c1. The Morgan fingerprint density at radius 3 is 3.00 bits per heavy atom. The fourth-order valence-electron chi connectivity index (χ4n) is 2.48. The minimum atomic E-state index is 0.393. The van der Waals surface area contributed by atoms with E-state index >= 15 is 0 Å². The largest absolute Gasteiger partial charge is 0.309 e. The van der Waals surface area contributed by atoms with Gasteiger partial charge in [-0.15, -0.1) is 0 Å². The van der Waals surface area contributed by atoms with E-state index in [1.807, 2.05) is 24.5 Å². The second-order valence-corrected chi connectivity index (χ2v) is 4.94. The lowest BCUT2D eigenvalue weighted by Crippen LogP contribution is -2.27. The average molecular weight is 254 g/mol. The summed E-state index contributed by atoms with van der Waals surface area (Å²) in [4.78, 5) is 13.2. The van der Waals surface area contributed by atoms with Gasteiger partial charge in [-0.3, -0.25) is 4.98 Å². The molecule has 2 aromatic rings. The first-order chi connectivity index (χ1) is 9.42. The van der Waals surface area contributed by atoms with Crippen LogP contribution >= 0.6 is 0 Å². The topological polar surface area (TPSA) is 50.7 Å². The second-order valence-electron chi connectivity index (χ2n) is 4.94. The summed E-state index contributed by atoms with van der Waals surface area (Å²) in [6.45, 7) is 1.09. The van der Waals surface area contributed by atoms with Gasteiger partial charge in [-0.2, -0.15) is 0 Å². The van der Waals surface area contributed by atoms with E-state index in [2.05, 4.69) is 21.4 Å². The number of rotatable bonds is 3. The summed E-state index contributed by atoms with van der Waals surface area (Å²) in [5, 5.41) is 3.52. The second kappa shape index (κ2) is 5.89. The molecule has 1 saturated heterocycles. The quantitative estimate of drug-likeness (QED) is 0.913. The van der Waals surface area contributed by atoms with Crippen molar-refractivity contribution < 1.29 is 0 Å². The molecule has 4 heteroatoms. The highest BCUT2D eigenvalue weighted by Crippen LogP contribution is 2.21. The van der Waals surface area contributed by atoms with Gasteiger partial charge in [-0.05, 0) is 37.1 Å². The van der Waals surface area contributed by atoms with Gasteiger partial charge in [0, 0.05) is 31.1 Å². The summed E-state index contributed by atoms with van der Waals surface area (Å²) in [7, 11) is 0. The molecule has 3 heterocycles. The standard InChI is InChI=1S/C15H18N4/c1-2-8-17-13(5-1)14-6-9-18-15(19-14)10-12-4-3-7-16-11-12/h3-4,6-7,9,11,13,17H,1-2,5,8,10H2. The maximum atomic E-state index is 4.69. The van der Waals surface area contributed by atoms with Gasteiger partial charge in [-0.1, -0.05) is 12.5 Å². The van der Waals surface area contributed by atoms with Crippen molar-refractivity contribution in [1.82, 2.24) is 20.3 Å². The van der Waals surface area contributed by atoms with Gasteiger partial charge in [0.2, 0.25) is 0 Å². The molecular weight excluding hydrogens is 236 g/mol. The van der Waals surface area contributed by atoms with Crippen molar-refractivity contribution in [2.24, 2.45) is 0 Å². The van der Waals surface area contributed by atoms with Crippen LogP contribution in [-0.2, 0) is 6.42 Å². The Hall–Kier alpha value is -1.81. The van der Waals surface area contributed by atoms with Crippen molar-refractivity contribution >= 4 is 0 Å². The Balaban J connectivity index is 1.76. The van der Waals surface area contributed by atoms with Crippen LogP contribution in [0, 0.1) is 0 Å². The molecule has 1 atom stereocenters. The fraction of sp³-hybridized carbons (Fsp3) is 0.400. The number of nitrogens with zero attached hydrogens (tertiary/aromatic N) is 3.